The maximum absolute atomic E-state index is 14.9. The summed E-state index contributed by atoms with van der Waals surface area (Å²) in [6.45, 7) is 6.35. The minimum Gasteiger partial charge on any atom is -0.383 e. The van der Waals surface area contributed by atoms with Gasteiger partial charge < -0.3 is 10.5 Å². The zero-order chi connectivity index (χ0) is 21.6. The van der Waals surface area contributed by atoms with E-state index in [2.05, 4.69) is 22.0 Å². The Bertz CT molecular complexity index is 1000. The van der Waals surface area contributed by atoms with Gasteiger partial charge in [0.2, 0.25) is 0 Å². The highest BCUT2D eigenvalue weighted by atomic mass is 79.9. The highest BCUT2D eigenvalue weighted by Crippen LogP contribution is 2.50. The Balaban J connectivity index is 1.96. The van der Waals surface area contributed by atoms with Gasteiger partial charge in [-0.1, -0.05) is 29.8 Å². The molecule has 0 saturated carbocycles. The fourth-order valence-corrected chi connectivity index (χ4v) is 4.99. The molecular weight excluding hydrogens is 451 g/mol. The quantitative estimate of drug-likeness (QED) is 0.705. The molecule has 4 rings (SSSR count). The highest BCUT2D eigenvalue weighted by molar-refractivity contribution is 9.10. The molecule has 1 unspecified atom stereocenters. The summed E-state index contributed by atoms with van der Waals surface area (Å²) in [5.74, 6) is -1.09. The lowest BCUT2D eigenvalue weighted by atomic mass is 9.69. The molecule has 2 heterocycles. The molecule has 30 heavy (non-hydrogen) atoms. The number of ketones is 1. The average Bonchev–Trinajstić information content (AvgIpc) is 2.69. The fourth-order valence-electron chi connectivity index (χ4n) is 4.62. The number of nitrogens with two attached hydrogens (primary N) is 1. The summed E-state index contributed by atoms with van der Waals surface area (Å²) in [6, 6.07) is 6.75. The normalized spacial score (nSPS) is 24.7. The van der Waals surface area contributed by atoms with Crippen molar-refractivity contribution in [3.05, 3.63) is 56.7 Å². The SMILES string of the molecule is CC1(C)CC(=O)C2=C(C1)N(N1CCOCC1)C(N)=C(C#N)C2c1cc(Br)ccc1F. The van der Waals surface area contributed by atoms with E-state index in [9.17, 15) is 14.4 Å². The molecule has 0 bridgehead atoms. The average molecular weight is 475 g/mol. The van der Waals surface area contributed by atoms with Crippen LogP contribution in [0.25, 0.3) is 0 Å². The van der Waals surface area contributed by atoms with Crippen molar-refractivity contribution >= 4 is 21.7 Å². The van der Waals surface area contributed by atoms with Gasteiger partial charge >= 0.3 is 0 Å². The van der Waals surface area contributed by atoms with Crippen LogP contribution in [0.2, 0.25) is 0 Å². The van der Waals surface area contributed by atoms with Crippen LogP contribution in [-0.4, -0.2) is 42.1 Å². The predicted molar refractivity (Wildman–Crippen MR) is 113 cm³/mol. The molecule has 0 spiro atoms. The molecular formula is C22H24BrFN4O2. The molecule has 0 amide bonds. The molecule has 1 atom stereocenters. The third kappa shape index (κ3) is 3.55. The number of morpholine rings is 1. The van der Waals surface area contributed by atoms with Gasteiger partial charge in [0.15, 0.2) is 5.78 Å². The second-order valence-corrected chi connectivity index (χ2v) is 9.60. The number of carbonyl (C=O) groups excluding carboxylic acids is 1. The number of carbonyl (C=O) groups is 1. The van der Waals surface area contributed by atoms with E-state index in [1.54, 1.807) is 12.1 Å². The smallest absolute Gasteiger partial charge is 0.162 e. The van der Waals surface area contributed by atoms with Gasteiger partial charge in [-0.2, -0.15) is 5.26 Å². The number of Topliss-reactive ketones (excluding diaryl/α,β-unsaturated/α-hetero) is 1. The molecule has 1 aliphatic carbocycles. The van der Waals surface area contributed by atoms with E-state index in [0.717, 1.165) is 5.70 Å². The number of hydrogen-bond acceptors (Lipinski definition) is 6. The number of rotatable bonds is 2. The van der Waals surface area contributed by atoms with Gasteiger partial charge in [-0.15, -0.1) is 0 Å². The summed E-state index contributed by atoms with van der Waals surface area (Å²) in [4.78, 5) is 13.4. The van der Waals surface area contributed by atoms with Crippen molar-refractivity contribution in [1.29, 1.82) is 5.26 Å². The van der Waals surface area contributed by atoms with E-state index < -0.39 is 11.7 Å². The van der Waals surface area contributed by atoms with Crippen molar-refractivity contribution in [3.8, 4) is 6.07 Å². The number of nitriles is 1. The zero-order valence-electron chi connectivity index (χ0n) is 17.0. The van der Waals surface area contributed by atoms with E-state index in [0.29, 0.717) is 49.2 Å². The van der Waals surface area contributed by atoms with Gasteiger partial charge in [0.1, 0.15) is 11.6 Å². The number of allylic oxidation sites excluding steroid dienone is 3. The van der Waals surface area contributed by atoms with Crippen LogP contribution in [0.15, 0.2) is 45.3 Å². The first-order valence-corrected chi connectivity index (χ1v) is 10.8. The largest absolute Gasteiger partial charge is 0.383 e. The Morgan fingerprint density at radius 1 is 1.30 bits per heavy atom. The van der Waals surface area contributed by atoms with Crippen molar-refractivity contribution in [2.45, 2.75) is 32.6 Å². The summed E-state index contributed by atoms with van der Waals surface area (Å²) in [7, 11) is 0. The Labute approximate surface area is 183 Å². The van der Waals surface area contributed by atoms with Crippen LogP contribution in [0.4, 0.5) is 4.39 Å². The van der Waals surface area contributed by atoms with E-state index in [1.807, 2.05) is 23.9 Å². The van der Waals surface area contributed by atoms with Crippen LogP contribution in [0.3, 0.4) is 0 Å². The summed E-state index contributed by atoms with van der Waals surface area (Å²) in [5, 5.41) is 13.9. The van der Waals surface area contributed by atoms with Crippen LogP contribution in [0, 0.1) is 22.6 Å². The number of nitrogens with zero attached hydrogens (tertiary/aromatic N) is 3. The van der Waals surface area contributed by atoms with Gasteiger partial charge in [-0.05, 0) is 30.0 Å². The van der Waals surface area contributed by atoms with Gasteiger partial charge in [-0.25, -0.2) is 9.40 Å². The fraction of sp³-hybridized carbons (Fsp3) is 0.455. The number of ether oxygens (including phenoxy) is 1. The first-order valence-electron chi connectivity index (χ1n) is 9.97. The number of benzene rings is 1. The Hall–Kier alpha value is -2.21. The van der Waals surface area contributed by atoms with E-state index >= 15 is 0 Å². The standard InChI is InChI=1S/C22H24BrFN4O2/c1-22(2)10-17-20(18(29)11-22)19(14-9-13(23)3-4-16(14)24)15(12-25)21(26)28(17)27-5-7-30-8-6-27/h3-4,9,19H,5-8,10-11,26H2,1-2H3. The summed E-state index contributed by atoms with van der Waals surface area (Å²) < 4.78 is 21.1. The Morgan fingerprint density at radius 3 is 2.67 bits per heavy atom. The summed E-state index contributed by atoms with van der Waals surface area (Å²) in [6.07, 6.45) is 0.949. The lowest BCUT2D eigenvalue weighted by Gasteiger charge is -2.48. The predicted octanol–water partition coefficient (Wildman–Crippen LogP) is 3.57. The Morgan fingerprint density at radius 2 is 2.00 bits per heavy atom. The van der Waals surface area contributed by atoms with E-state index in [4.69, 9.17) is 10.5 Å². The summed E-state index contributed by atoms with van der Waals surface area (Å²) >= 11 is 3.39. The minimum absolute atomic E-state index is 0.0656. The molecule has 2 N–H and O–H groups in total. The van der Waals surface area contributed by atoms with Crippen LogP contribution >= 0.6 is 15.9 Å². The maximum Gasteiger partial charge on any atom is 0.162 e. The Kier molecular flexibility index (Phi) is 5.47. The van der Waals surface area contributed by atoms with Gasteiger partial charge in [0.25, 0.3) is 0 Å². The highest BCUT2D eigenvalue weighted by Gasteiger charge is 2.46. The third-order valence-electron chi connectivity index (χ3n) is 5.89. The van der Waals surface area contributed by atoms with Crippen LogP contribution in [-0.2, 0) is 9.53 Å². The number of halogens is 2. The van der Waals surface area contributed by atoms with Crippen molar-refractivity contribution in [1.82, 2.24) is 10.0 Å². The monoisotopic (exact) mass is 474 g/mol. The molecule has 0 radical (unpaired) electrons. The van der Waals surface area contributed by atoms with Crippen molar-refractivity contribution < 1.29 is 13.9 Å². The topological polar surface area (TPSA) is 82.6 Å². The maximum atomic E-state index is 14.9. The third-order valence-corrected chi connectivity index (χ3v) is 6.39. The molecule has 1 saturated heterocycles. The molecule has 3 aliphatic rings. The number of hydrazine groups is 1. The zero-order valence-corrected chi connectivity index (χ0v) is 18.6. The van der Waals surface area contributed by atoms with E-state index in [-0.39, 0.29) is 28.2 Å². The lowest BCUT2D eigenvalue weighted by molar-refractivity contribution is -0.119. The van der Waals surface area contributed by atoms with Crippen LogP contribution in [0.1, 0.15) is 38.2 Å². The van der Waals surface area contributed by atoms with Crippen molar-refractivity contribution in [3.63, 3.8) is 0 Å². The molecule has 1 fully saturated rings. The lowest BCUT2D eigenvalue weighted by Crippen LogP contribution is -2.53. The van der Waals surface area contributed by atoms with Crippen LogP contribution in [0.5, 0.6) is 0 Å². The van der Waals surface area contributed by atoms with Crippen molar-refractivity contribution in [2.24, 2.45) is 11.1 Å². The first kappa shape index (κ1) is 21.0. The van der Waals surface area contributed by atoms with Gasteiger partial charge in [-0.3, -0.25) is 9.80 Å². The second-order valence-electron chi connectivity index (χ2n) is 8.69. The van der Waals surface area contributed by atoms with Gasteiger partial charge in [0.05, 0.1) is 30.8 Å². The molecule has 0 aromatic heterocycles. The van der Waals surface area contributed by atoms with Crippen LogP contribution < -0.4 is 5.73 Å². The summed E-state index contributed by atoms with van der Waals surface area (Å²) in [5.41, 5.74) is 8.00. The molecule has 2 aliphatic heterocycles. The molecule has 8 heteroatoms. The molecule has 158 valence electrons. The first-order chi connectivity index (χ1) is 14.2. The minimum atomic E-state index is -0.816. The molecule has 6 nitrogen and oxygen atoms in total. The van der Waals surface area contributed by atoms with Gasteiger partial charge in [0, 0.05) is 40.8 Å². The second kappa shape index (κ2) is 7.80. The molecule has 1 aromatic carbocycles. The van der Waals surface area contributed by atoms with E-state index in [1.165, 1.54) is 6.07 Å². The molecule has 1 aromatic rings. The number of hydrogen-bond donors (Lipinski definition) is 1. The van der Waals surface area contributed by atoms with Crippen molar-refractivity contribution in [2.75, 3.05) is 26.3 Å².